The second-order valence-corrected chi connectivity index (χ2v) is 36.8. The van der Waals surface area contributed by atoms with Crippen molar-refractivity contribution in [1.29, 1.82) is 0 Å². The third kappa shape index (κ3) is 31.9. The number of hydrogen-bond acceptors (Lipinski definition) is 16. The standard InChI is InChI=1S/C24H35BN4O3.C20H33NO3.C20H31NO3.C16H23NO3.C13H19NO3/c1-16-12-21(13-19-8-6-5-7-9-19)17(2)24(31)29(16)15-23(30)26-14-20-10-11-22(27-18(20)3)28-25(4)32;2*1-14-11-17(12-16-9-7-6-8-10-16)15(2)19(23)21(14)13-18(22)24-20(3,4)5;1-11-8-14(9-13-6-4-3-5-7-13)12(2)16(20)17(11)10-15(18)19;1-9-6-7-10(2)14(12(9)16)8-11(15)17-13(3,4)5/h10-12,19,32H,5-9,13-15H2,1-4H3,(H,26,30)(H,27,28);11,15-17H,6-10,12-13H2,1-5H3;11,16H,6-10,12-13H2,1-5H3;8,13H,3-7,9-10H2,1-2H3,(H,18,19);6-7H,8H2,1-5H3. The summed E-state index contributed by atoms with van der Waals surface area (Å²) >= 11 is 0. The van der Waals surface area contributed by atoms with Crippen LogP contribution in [-0.4, -0.2) is 104 Å². The Balaban J connectivity index is 0.000000231. The van der Waals surface area contributed by atoms with Gasteiger partial charge in [0.1, 0.15) is 55.3 Å². The maximum absolute atomic E-state index is 13.0. The number of ether oxygens (including phenoxy) is 3. The van der Waals surface area contributed by atoms with E-state index in [9.17, 15) is 53.0 Å². The third-order valence-electron chi connectivity index (χ3n) is 23.1. The SMILES string of the molecule is CB(O)Nc1ccc(CNC(=O)Cn2c(C)cc(CC3CCCCC3)c(C)c2=O)c(C)n1.CC1=CC(CC2CCCCC2)C(C)C(=O)N1CC(=O)OC(C)(C)C.Cc1c(CC2CCCCC2)cc(C)n(CC(=O)O)c1=O.Cc1c(CC2CCCCC2)cc(C)n(CC(=O)OC(C)(C)C)c1=O.Cc1ccc(C)n(CC(=O)OC(C)(C)C)c1=O. The van der Waals surface area contributed by atoms with Gasteiger partial charge < -0.3 is 58.1 Å². The number of nitrogens with one attached hydrogen (secondary N) is 2. The van der Waals surface area contributed by atoms with E-state index in [4.69, 9.17) is 19.3 Å². The van der Waals surface area contributed by atoms with E-state index in [1.807, 2.05) is 122 Å². The van der Waals surface area contributed by atoms with Gasteiger partial charge in [0, 0.05) is 68.9 Å². The number of carboxylic acids is 1. The molecule has 6 heterocycles. The molecule has 2 amide bonds. The van der Waals surface area contributed by atoms with E-state index in [0.717, 1.165) is 99.1 Å². The molecule has 0 saturated heterocycles. The highest BCUT2D eigenvalue weighted by atomic mass is 16.6. The quantitative estimate of drug-likeness (QED) is 0.0284. The van der Waals surface area contributed by atoms with Gasteiger partial charge in [0.2, 0.25) is 11.8 Å². The van der Waals surface area contributed by atoms with Crippen LogP contribution in [0.25, 0.3) is 0 Å². The Labute approximate surface area is 696 Å². The topological polar surface area (TPSA) is 299 Å². The van der Waals surface area contributed by atoms with Gasteiger partial charge in [-0.1, -0.05) is 154 Å². The summed E-state index contributed by atoms with van der Waals surface area (Å²) in [6.45, 7) is 38.6. The van der Waals surface area contributed by atoms with Crippen LogP contribution in [-0.2, 0) is 95.0 Å². The summed E-state index contributed by atoms with van der Waals surface area (Å²) in [6.07, 6.45) is 32.1. The van der Waals surface area contributed by atoms with Gasteiger partial charge in [-0.3, -0.25) is 47.9 Å². The van der Waals surface area contributed by atoms with Crippen molar-refractivity contribution < 1.29 is 53.1 Å². The summed E-state index contributed by atoms with van der Waals surface area (Å²) in [7, 11) is -0.688. The molecule has 0 radical (unpaired) electrons. The van der Waals surface area contributed by atoms with E-state index in [2.05, 4.69) is 33.7 Å². The van der Waals surface area contributed by atoms with Crippen LogP contribution in [0.3, 0.4) is 0 Å². The number of amides is 2. The number of aromatic nitrogens is 5. The van der Waals surface area contributed by atoms with Crippen molar-refractivity contribution in [2.24, 2.45) is 35.5 Å². The van der Waals surface area contributed by atoms with Crippen LogP contribution in [0, 0.1) is 97.8 Å². The lowest BCUT2D eigenvalue weighted by Gasteiger charge is -2.36. The Morgan fingerprint density at radius 2 is 0.838 bits per heavy atom. The fourth-order valence-electron chi connectivity index (χ4n) is 16.7. The van der Waals surface area contributed by atoms with Crippen molar-refractivity contribution >= 4 is 48.6 Å². The summed E-state index contributed by atoms with van der Waals surface area (Å²) in [5.41, 5.74) is 9.93. The Morgan fingerprint density at radius 3 is 1.21 bits per heavy atom. The zero-order valence-corrected chi connectivity index (χ0v) is 74.8. The first-order chi connectivity index (χ1) is 54.8. The first-order valence-electron chi connectivity index (χ1n) is 43.1. The van der Waals surface area contributed by atoms with Crippen molar-refractivity contribution in [2.75, 3.05) is 11.8 Å². The normalized spacial score (nSPS) is 17.1. The number of aryl methyl sites for hydroxylation is 6. The molecule has 24 heteroatoms. The number of anilines is 1. The van der Waals surface area contributed by atoms with Crippen LogP contribution in [0.1, 0.15) is 284 Å². The van der Waals surface area contributed by atoms with Crippen LogP contribution in [0.5, 0.6) is 0 Å². The van der Waals surface area contributed by atoms with Crippen LogP contribution in [0.4, 0.5) is 5.82 Å². The minimum atomic E-state index is -0.977. The molecule has 10 rings (SSSR count). The van der Waals surface area contributed by atoms with Gasteiger partial charge >= 0.3 is 30.9 Å². The maximum Gasteiger partial charge on any atom is 0.408 e. The van der Waals surface area contributed by atoms with Gasteiger partial charge in [-0.15, -0.1) is 0 Å². The molecular formula is C93H141BN8O15. The molecule has 0 spiro atoms. The summed E-state index contributed by atoms with van der Waals surface area (Å²) in [5, 5.41) is 24.0. The van der Waals surface area contributed by atoms with E-state index in [-0.39, 0.29) is 84.6 Å². The number of esters is 3. The van der Waals surface area contributed by atoms with Crippen LogP contribution >= 0.6 is 0 Å². The maximum atomic E-state index is 13.0. The largest absolute Gasteiger partial charge is 0.480 e. The molecule has 5 aliphatic rings. The molecule has 117 heavy (non-hydrogen) atoms. The average Bonchev–Trinajstić information content (AvgIpc) is 0.820. The molecule has 646 valence electrons. The van der Waals surface area contributed by atoms with Crippen molar-refractivity contribution in [3.63, 3.8) is 0 Å². The van der Waals surface area contributed by atoms with Gasteiger partial charge in [0.05, 0.1) is 0 Å². The number of carboxylic acid groups (broad SMARTS) is 1. The number of carbonyl (C=O) groups is 6. The predicted molar refractivity (Wildman–Crippen MR) is 464 cm³/mol. The zero-order valence-electron chi connectivity index (χ0n) is 74.8. The summed E-state index contributed by atoms with van der Waals surface area (Å²) in [4.78, 5) is 128. The molecule has 0 aromatic carbocycles. The molecule has 5 aromatic rings. The van der Waals surface area contributed by atoms with Crippen molar-refractivity contribution in [2.45, 2.75) is 349 Å². The number of aliphatic carboxylic acids is 1. The number of nitrogens with zero attached hydrogens (tertiary/aromatic N) is 6. The minimum Gasteiger partial charge on any atom is -0.480 e. The molecule has 4 saturated carbocycles. The Hall–Kier alpha value is -8.67. The van der Waals surface area contributed by atoms with Crippen molar-refractivity contribution in [3.8, 4) is 0 Å². The molecule has 1 aliphatic heterocycles. The van der Waals surface area contributed by atoms with Crippen LogP contribution in [0.2, 0.25) is 6.82 Å². The Bertz CT molecular complexity index is 4480. The number of rotatable bonds is 22. The summed E-state index contributed by atoms with van der Waals surface area (Å²) < 4.78 is 21.8. The number of carbonyl (C=O) groups excluding carboxylic acids is 5. The van der Waals surface area contributed by atoms with Gasteiger partial charge in [-0.2, -0.15) is 0 Å². The molecule has 5 aromatic heterocycles. The van der Waals surface area contributed by atoms with E-state index < -0.39 is 35.8 Å². The van der Waals surface area contributed by atoms with Crippen molar-refractivity contribution in [1.82, 2.24) is 33.5 Å². The minimum absolute atomic E-state index is 0.00333. The number of hydrogen-bond donors (Lipinski definition) is 4. The highest BCUT2D eigenvalue weighted by molar-refractivity contribution is 6.52. The molecule has 0 bridgehead atoms. The monoisotopic (exact) mass is 1620 g/mol. The highest BCUT2D eigenvalue weighted by Crippen LogP contribution is 2.37. The van der Waals surface area contributed by atoms with Crippen LogP contribution in [0.15, 0.2) is 73.4 Å². The molecular weight excluding hydrogens is 1480 g/mol. The third-order valence-corrected chi connectivity index (χ3v) is 23.1. The molecule has 4 N–H and O–H groups in total. The lowest BCUT2D eigenvalue weighted by Crippen LogP contribution is -2.44. The molecule has 2 atom stereocenters. The van der Waals surface area contributed by atoms with Gasteiger partial charge in [0.25, 0.3) is 22.2 Å². The second-order valence-electron chi connectivity index (χ2n) is 36.8. The zero-order chi connectivity index (χ0) is 87.0. The van der Waals surface area contributed by atoms with E-state index in [0.29, 0.717) is 47.2 Å². The second kappa shape index (κ2) is 44.9. The molecule has 4 fully saturated rings. The molecule has 4 aliphatic carbocycles. The van der Waals surface area contributed by atoms with Gasteiger partial charge in [-0.25, -0.2) is 4.98 Å². The van der Waals surface area contributed by atoms with Gasteiger partial charge in [0.15, 0.2) is 0 Å². The lowest BCUT2D eigenvalue weighted by atomic mass is 9.77. The number of allylic oxidation sites excluding steroid dienone is 2. The summed E-state index contributed by atoms with van der Waals surface area (Å²) in [5.74, 6) is 1.37. The number of pyridine rings is 5. The smallest absolute Gasteiger partial charge is 0.408 e. The predicted octanol–water partition coefficient (Wildman–Crippen LogP) is 15.8. The van der Waals surface area contributed by atoms with Crippen LogP contribution < -0.4 is 32.8 Å². The average molecular weight is 1620 g/mol. The first kappa shape index (κ1) is 97.2. The molecule has 2 unspecified atom stereocenters. The Kier molecular flexibility index (Phi) is 37.3. The fraction of sp³-hybridized carbons (Fsp3) is 0.645. The Morgan fingerprint density at radius 1 is 0.470 bits per heavy atom. The molecule has 23 nitrogen and oxygen atoms in total. The fourth-order valence-corrected chi connectivity index (χ4v) is 16.7. The van der Waals surface area contributed by atoms with E-state index in [1.165, 1.54) is 142 Å². The lowest BCUT2D eigenvalue weighted by molar-refractivity contribution is -0.159. The van der Waals surface area contributed by atoms with E-state index in [1.54, 1.807) is 63.0 Å². The summed E-state index contributed by atoms with van der Waals surface area (Å²) in [6, 6.07) is 13.4. The van der Waals surface area contributed by atoms with E-state index >= 15 is 0 Å². The van der Waals surface area contributed by atoms with Crippen molar-refractivity contribution in [3.05, 3.63) is 169 Å². The van der Waals surface area contributed by atoms with Gasteiger partial charge in [-0.05, 0) is 246 Å². The highest BCUT2D eigenvalue weighted by Gasteiger charge is 2.36. The first-order valence-corrected chi connectivity index (χ1v) is 43.1.